The minimum absolute atomic E-state index is 0.0152. The third-order valence-electron chi connectivity index (χ3n) is 4.09. The van der Waals surface area contributed by atoms with E-state index in [0.717, 1.165) is 0 Å². The average molecular weight is 422 g/mol. The van der Waals surface area contributed by atoms with Gasteiger partial charge in [-0.25, -0.2) is 8.42 Å². The van der Waals surface area contributed by atoms with Gasteiger partial charge in [0.25, 0.3) is 0 Å². The monoisotopic (exact) mass is 421 g/mol. The van der Waals surface area contributed by atoms with Gasteiger partial charge in [-0.05, 0) is 32.6 Å². The van der Waals surface area contributed by atoms with Gasteiger partial charge in [0.05, 0.1) is 27.2 Å². The number of nitrogens with zero attached hydrogens (tertiary/aromatic N) is 2. The first-order valence-electron chi connectivity index (χ1n) is 8.02. The Morgan fingerprint density at radius 3 is 2.31 bits per heavy atom. The molecular weight excluding hydrogens is 401 g/mol. The molecule has 26 heavy (non-hydrogen) atoms. The highest BCUT2D eigenvalue weighted by Crippen LogP contribution is 2.30. The predicted molar refractivity (Wildman–Crippen MR) is 102 cm³/mol. The van der Waals surface area contributed by atoms with E-state index in [1.807, 2.05) is 19.0 Å². The van der Waals surface area contributed by atoms with E-state index in [-0.39, 0.29) is 33.8 Å². The SMILES string of the molecule is CN(C)CCN(C(=O)C(=O)Nc1c(Cl)cccc1Cl)C1CCS(=O)(=O)C1. The molecule has 1 atom stereocenters. The van der Waals surface area contributed by atoms with Crippen molar-refractivity contribution in [1.29, 1.82) is 0 Å². The maximum Gasteiger partial charge on any atom is 0.313 e. The van der Waals surface area contributed by atoms with Crippen LogP contribution in [0.5, 0.6) is 0 Å². The van der Waals surface area contributed by atoms with Gasteiger partial charge in [-0.15, -0.1) is 0 Å². The molecule has 0 radical (unpaired) electrons. The smallest absolute Gasteiger partial charge is 0.313 e. The van der Waals surface area contributed by atoms with Crippen molar-refractivity contribution in [3.05, 3.63) is 28.2 Å². The molecule has 0 bridgehead atoms. The van der Waals surface area contributed by atoms with Gasteiger partial charge in [0.15, 0.2) is 9.84 Å². The number of amides is 2. The fourth-order valence-corrected chi connectivity index (χ4v) is 4.92. The molecule has 0 aromatic heterocycles. The first-order chi connectivity index (χ1) is 12.1. The van der Waals surface area contributed by atoms with Gasteiger partial charge in [-0.2, -0.15) is 0 Å². The van der Waals surface area contributed by atoms with Crippen LogP contribution in [0.2, 0.25) is 10.0 Å². The molecule has 1 saturated heterocycles. The summed E-state index contributed by atoms with van der Waals surface area (Å²) in [6, 6.07) is 4.19. The average Bonchev–Trinajstić information content (AvgIpc) is 2.90. The van der Waals surface area contributed by atoms with Gasteiger partial charge in [0, 0.05) is 19.1 Å². The van der Waals surface area contributed by atoms with Crippen LogP contribution >= 0.6 is 23.2 Å². The lowest BCUT2D eigenvalue weighted by Crippen LogP contribution is -2.49. The number of para-hydroxylation sites is 1. The molecule has 1 fully saturated rings. The third kappa shape index (κ3) is 5.33. The van der Waals surface area contributed by atoms with Crippen molar-refractivity contribution in [2.24, 2.45) is 0 Å². The van der Waals surface area contributed by atoms with E-state index in [9.17, 15) is 18.0 Å². The van der Waals surface area contributed by atoms with E-state index in [1.54, 1.807) is 18.2 Å². The molecule has 2 amide bonds. The van der Waals surface area contributed by atoms with Crippen LogP contribution in [0.15, 0.2) is 18.2 Å². The molecule has 0 aliphatic carbocycles. The number of nitrogens with one attached hydrogen (secondary N) is 1. The summed E-state index contributed by atoms with van der Waals surface area (Å²) in [6.07, 6.45) is 0.321. The summed E-state index contributed by atoms with van der Waals surface area (Å²) < 4.78 is 23.5. The van der Waals surface area contributed by atoms with Crippen LogP contribution in [-0.2, 0) is 19.4 Å². The highest BCUT2D eigenvalue weighted by Gasteiger charge is 2.36. The lowest BCUT2D eigenvalue weighted by atomic mass is 10.2. The van der Waals surface area contributed by atoms with Gasteiger partial charge < -0.3 is 15.1 Å². The molecule has 10 heteroatoms. The van der Waals surface area contributed by atoms with Gasteiger partial charge in [0.1, 0.15) is 0 Å². The second-order valence-electron chi connectivity index (χ2n) is 6.41. The number of benzene rings is 1. The van der Waals surface area contributed by atoms with E-state index in [0.29, 0.717) is 13.0 Å². The molecule has 1 heterocycles. The van der Waals surface area contributed by atoms with Crippen LogP contribution in [0.3, 0.4) is 0 Å². The van der Waals surface area contributed by atoms with Gasteiger partial charge in [0.2, 0.25) is 0 Å². The number of likely N-dealkylation sites (N-methyl/N-ethyl adjacent to an activating group) is 1. The number of hydrogen-bond acceptors (Lipinski definition) is 5. The van der Waals surface area contributed by atoms with E-state index < -0.39 is 27.7 Å². The van der Waals surface area contributed by atoms with Gasteiger partial charge >= 0.3 is 11.8 Å². The zero-order valence-electron chi connectivity index (χ0n) is 14.5. The second-order valence-corrected chi connectivity index (χ2v) is 9.45. The summed E-state index contributed by atoms with van der Waals surface area (Å²) in [5.41, 5.74) is 0.154. The van der Waals surface area contributed by atoms with Crippen LogP contribution in [0.4, 0.5) is 5.69 Å². The van der Waals surface area contributed by atoms with Crippen LogP contribution in [0.25, 0.3) is 0 Å². The summed E-state index contributed by atoms with van der Waals surface area (Å²) in [7, 11) is 0.470. The fraction of sp³-hybridized carbons (Fsp3) is 0.500. The fourth-order valence-electron chi connectivity index (χ4n) is 2.69. The van der Waals surface area contributed by atoms with Crippen molar-refractivity contribution in [3.8, 4) is 0 Å². The Bertz CT molecular complexity index is 778. The van der Waals surface area contributed by atoms with E-state index in [4.69, 9.17) is 23.2 Å². The molecule has 2 rings (SSSR count). The van der Waals surface area contributed by atoms with Crippen molar-refractivity contribution in [3.63, 3.8) is 0 Å². The molecule has 144 valence electrons. The van der Waals surface area contributed by atoms with Crippen molar-refractivity contribution >= 4 is 50.5 Å². The normalized spacial score (nSPS) is 18.7. The summed E-state index contributed by atoms with van der Waals surface area (Å²) in [4.78, 5) is 28.3. The van der Waals surface area contributed by atoms with Crippen molar-refractivity contribution in [2.45, 2.75) is 12.5 Å². The summed E-state index contributed by atoms with van der Waals surface area (Å²) in [5.74, 6) is -1.82. The van der Waals surface area contributed by atoms with Crippen molar-refractivity contribution in [2.75, 3.05) is 44.0 Å². The predicted octanol–water partition coefficient (Wildman–Crippen LogP) is 1.51. The number of carbonyl (C=O) groups is 2. The Morgan fingerprint density at radius 1 is 1.19 bits per heavy atom. The molecular formula is C16H21Cl2N3O4S. The molecule has 1 unspecified atom stereocenters. The van der Waals surface area contributed by atoms with Crippen LogP contribution in [0.1, 0.15) is 6.42 Å². The standard InChI is InChI=1S/C16H21Cl2N3O4S/c1-20(2)7-8-21(11-6-9-26(24,25)10-11)16(23)15(22)19-14-12(17)4-3-5-13(14)18/h3-5,11H,6-10H2,1-2H3,(H,19,22). The van der Waals surface area contributed by atoms with Crippen molar-refractivity contribution < 1.29 is 18.0 Å². The van der Waals surface area contributed by atoms with E-state index in [2.05, 4.69) is 5.32 Å². The molecule has 0 spiro atoms. The number of hydrogen-bond donors (Lipinski definition) is 1. The number of carbonyl (C=O) groups excluding carboxylic acids is 2. The zero-order chi connectivity index (χ0) is 19.5. The molecule has 1 aliphatic heterocycles. The Hall–Kier alpha value is -1.35. The quantitative estimate of drug-likeness (QED) is 0.727. The summed E-state index contributed by atoms with van der Waals surface area (Å²) in [6.45, 7) is 0.748. The molecule has 1 aromatic carbocycles. The molecule has 1 N–H and O–H groups in total. The Kier molecular flexibility index (Phi) is 6.90. The first kappa shape index (κ1) is 21.0. The second kappa shape index (κ2) is 8.56. The number of rotatable bonds is 5. The molecule has 0 saturated carbocycles. The maximum absolute atomic E-state index is 12.7. The Labute approximate surface area is 163 Å². The minimum Gasteiger partial charge on any atom is -0.329 e. The maximum atomic E-state index is 12.7. The van der Waals surface area contributed by atoms with Crippen LogP contribution in [-0.4, -0.2) is 74.8 Å². The first-order valence-corrected chi connectivity index (χ1v) is 10.6. The third-order valence-corrected chi connectivity index (χ3v) is 6.47. The highest BCUT2D eigenvalue weighted by molar-refractivity contribution is 7.91. The number of anilines is 1. The molecule has 7 nitrogen and oxygen atoms in total. The number of sulfone groups is 1. The minimum atomic E-state index is -3.19. The largest absolute Gasteiger partial charge is 0.329 e. The summed E-state index contributed by atoms with van der Waals surface area (Å²) >= 11 is 12.0. The number of halogens is 2. The van der Waals surface area contributed by atoms with E-state index in [1.165, 1.54) is 4.90 Å². The summed E-state index contributed by atoms with van der Waals surface area (Å²) in [5, 5.41) is 2.85. The molecule has 1 aliphatic rings. The Balaban J connectivity index is 2.18. The van der Waals surface area contributed by atoms with Gasteiger partial charge in [-0.3, -0.25) is 9.59 Å². The highest BCUT2D eigenvalue weighted by atomic mass is 35.5. The zero-order valence-corrected chi connectivity index (χ0v) is 16.9. The van der Waals surface area contributed by atoms with E-state index >= 15 is 0 Å². The lowest BCUT2D eigenvalue weighted by molar-refractivity contribution is -0.144. The topological polar surface area (TPSA) is 86.8 Å². The van der Waals surface area contributed by atoms with Gasteiger partial charge in [-0.1, -0.05) is 29.3 Å². The molecule has 1 aromatic rings. The van der Waals surface area contributed by atoms with Crippen molar-refractivity contribution in [1.82, 2.24) is 9.80 Å². The lowest BCUT2D eigenvalue weighted by Gasteiger charge is -2.29. The van der Waals surface area contributed by atoms with Crippen LogP contribution < -0.4 is 5.32 Å². The Morgan fingerprint density at radius 2 is 1.81 bits per heavy atom. The van der Waals surface area contributed by atoms with Crippen LogP contribution in [0, 0.1) is 0 Å².